The molecular formula is C11H22OS2. The van der Waals surface area contributed by atoms with Crippen molar-refractivity contribution in [2.45, 2.75) is 51.2 Å². The summed E-state index contributed by atoms with van der Waals surface area (Å²) in [5, 5.41) is 0.833. The molecule has 0 heterocycles. The average Bonchev–Trinajstić information content (AvgIpc) is 2.13. The van der Waals surface area contributed by atoms with Crippen LogP contribution in [0.25, 0.3) is 0 Å². The molecular weight excluding hydrogens is 212 g/mol. The lowest BCUT2D eigenvalue weighted by Gasteiger charge is -2.13. The number of rotatable bonds is 8. The predicted octanol–water partition coefficient (Wildman–Crippen LogP) is 3.97. The largest absolute Gasteiger partial charge is 0.288 e. The molecule has 1 nitrogen and oxygen atoms in total. The van der Waals surface area contributed by atoms with Crippen LogP contribution in [-0.2, 0) is 4.79 Å². The maximum absolute atomic E-state index is 11.0. The highest BCUT2D eigenvalue weighted by molar-refractivity contribution is 8.14. The Morgan fingerprint density at radius 1 is 1.29 bits per heavy atom. The van der Waals surface area contributed by atoms with Gasteiger partial charge in [-0.25, -0.2) is 0 Å². The van der Waals surface area contributed by atoms with Gasteiger partial charge in [0.1, 0.15) is 0 Å². The minimum absolute atomic E-state index is 0.271. The highest BCUT2D eigenvalue weighted by Crippen LogP contribution is 2.23. The lowest BCUT2D eigenvalue weighted by atomic mass is 10.1. The summed E-state index contributed by atoms with van der Waals surface area (Å²) >= 11 is 3.41. The molecule has 0 aromatic heterocycles. The van der Waals surface area contributed by atoms with E-state index in [4.69, 9.17) is 0 Å². The normalized spacial score (nSPS) is 12.8. The molecule has 84 valence electrons. The predicted molar refractivity (Wildman–Crippen MR) is 69.2 cm³/mol. The summed E-state index contributed by atoms with van der Waals surface area (Å²) in [5.41, 5.74) is 0. The fraction of sp³-hybridized carbons (Fsp3) is 0.909. The first-order chi connectivity index (χ1) is 6.70. The van der Waals surface area contributed by atoms with Gasteiger partial charge in [-0.05, 0) is 24.9 Å². The Balaban J connectivity index is 3.66. The van der Waals surface area contributed by atoms with Crippen molar-refractivity contribution < 1.29 is 4.79 Å². The summed E-state index contributed by atoms with van der Waals surface area (Å²) in [6, 6.07) is 0. The fourth-order valence-electron chi connectivity index (χ4n) is 1.37. The van der Waals surface area contributed by atoms with Gasteiger partial charge in [0.25, 0.3) is 0 Å². The number of unbranched alkanes of at least 4 members (excludes halogenated alkanes) is 2. The number of hydrogen-bond acceptors (Lipinski definition) is 3. The second-order valence-corrected chi connectivity index (χ2v) is 5.97. The van der Waals surface area contributed by atoms with E-state index in [2.05, 4.69) is 13.2 Å². The lowest BCUT2D eigenvalue weighted by molar-refractivity contribution is -0.109. The van der Waals surface area contributed by atoms with Crippen molar-refractivity contribution >= 4 is 28.6 Å². The summed E-state index contributed by atoms with van der Waals surface area (Å²) in [5.74, 6) is 1.18. The molecule has 0 amide bonds. The zero-order chi connectivity index (χ0) is 10.8. The molecule has 0 rings (SSSR count). The van der Waals surface area contributed by atoms with Crippen molar-refractivity contribution in [2.24, 2.45) is 0 Å². The van der Waals surface area contributed by atoms with Gasteiger partial charge in [-0.3, -0.25) is 4.79 Å². The van der Waals surface area contributed by atoms with Gasteiger partial charge >= 0.3 is 0 Å². The van der Waals surface area contributed by atoms with E-state index >= 15 is 0 Å². The Labute approximate surface area is 96.8 Å². The Morgan fingerprint density at radius 2 is 2.00 bits per heavy atom. The van der Waals surface area contributed by atoms with Crippen LogP contribution in [0.1, 0.15) is 46.0 Å². The standard InChI is InChI=1S/C11H22OS2/c1-4-5-6-7-11(8-9-13-3)14-10(2)12/h11H,4-9H2,1-3H3. The zero-order valence-corrected chi connectivity index (χ0v) is 11.2. The minimum Gasteiger partial charge on any atom is -0.288 e. The summed E-state index contributed by atoms with van der Waals surface area (Å²) in [7, 11) is 0. The molecule has 0 saturated carbocycles. The van der Waals surface area contributed by atoms with Gasteiger partial charge in [-0.15, -0.1) is 0 Å². The lowest BCUT2D eigenvalue weighted by Crippen LogP contribution is -2.06. The molecule has 14 heavy (non-hydrogen) atoms. The Hall–Kier alpha value is 0.370. The molecule has 0 N–H and O–H groups in total. The van der Waals surface area contributed by atoms with Gasteiger partial charge in [0, 0.05) is 12.2 Å². The first-order valence-electron chi connectivity index (χ1n) is 5.36. The van der Waals surface area contributed by atoms with E-state index in [1.165, 1.54) is 49.6 Å². The maximum atomic E-state index is 11.0. The van der Waals surface area contributed by atoms with Crippen molar-refractivity contribution in [3.8, 4) is 0 Å². The van der Waals surface area contributed by atoms with Crippen LogP contribution >= 0.6 is 23.5 Å². The van der Waals surface area contributed by atoms with Gasteiger partial charge in [0.05, 0.1) is 0 Å². The molecule has 0 fully saturated rings. The van der Waals surface area contributed by atoms with Crippen LogP contribution in [0.2, 0.25) is 0 Å². The smallest absolute Gasteiger partial charge is 0.186 e. The fourth-order valence-corrected chi connectivity index (χ4v) is 3.03. The monoisotopic (exact) mass is 234 g/mol. The number of carbonyl (C=O) groups excluding carboxylic acids is 1. The minimum atomic E-state index is 0.271. The van der Waals surface area contributed by atoms with E-state index in [0.717, 1.165) is 0 Å². The number of hydrogen-bond donors (Lipinski definition) is 0. The van der Waals surface area contributed by atoms with E-state index < -0.39 is 0 Å². The van der Waals surface area contributed by atoms with Gasteiger partial charge in [0.15, 0.2) is 5.12 Å². The van der Waals surface area contributed by atoms with E-state index in [0.29, 0.717) is 5.25 Å². The summed E-state index contributed by atoms with van der Waals surface area (Å²) < 4.78 is 0. The molecule has 0 saturated heterocycles. The van der Waals surface area contributed by atoms with Crippen molar-refractivity contribution in [3.05, 3.63) is 0 Å². The molecule has 0 aromatic rings. The van der Waals surface area contributed by atoms with Crippen LogP contribution in [0.5, 0.6) is 0 Å². The van der Waals surface area contributed by atoms with Crippen LogP contribution in [0, 0.1) is 0 Å². The quantitative estimate of drug-likeness (QED) is 0.592. The molecule has 0 aliphatic carbocycles. The third-order valence-electron chi connectivity index (χ3n) is 2.11. The van der Waals surface area contributed by atoms with Crippen molar-refractivity contribution in [2.75, 3.05) is 12.0 Å². The van der Waals surface area contributed by atoms with Crippen molar-refractivity contribution in [3.63, 3.8) is 0 Å². The van der Waals surface area contributed by atoms with E-state index in [1.807, 2.05) is 11.8 Å². The summed E-state index contributed by atoms with van der Waals surface area (Å²) in [6.45, 7) is 3.89. The molecule has 0 bridgehead atoms. The van der Waals surface area contributed by atoms with Crippen LogP contribution in [0.4, 0.5) is 0 Å². The Bertz CT molecular complexity index is 148. The van der Waals surface area contributed by atoms with E-state index in [9.17, 15) is 4.79 Å². The van der Waals surface area contributed by atoms with Crippen molar-refractivity contribution in [1.29, 1.82) is 0 Å². The zero-order valence-electron chi connectivity index (χ0n) is 9.54. The van der Waals surface area contributed by atoms with Crippen LogP contribution in [-0.4, -0.2) is 22.4 Å². The molecule has 1 atom stereocenters. The second-order valence-electron chi connectivity index (χ2n) is 3.51. The number of carbonyl (C=O) groups is 1. The summed E-state index contributed by atoms with van der Waals surface area (Å²) in [4.78, 5) is 11.0. The van der Waals surface area contributed by atoms with Crippen LogP contribution < -0.4 is 0 Å². The topological polar surface area (TPSA) is 17.1 Å². The van der Waals surface area contributed by atoms with Crippen LogP contribution in [0.15, 0.2) is 0 Å². The molecule has 0 aromatic carbocycles. The van der Waals surface area contributed by atoms with E-state index in [1.54, 1.807) is 6.92 Å². The van der Waals surface area contributed by atoms with Gasteiger partial charge in [0.2, 0.25) is 0 Å². The Kier molecular flexibility index (Phi) is 10.2. The van der Waals surface area contributed by atoms with Crippen molar-refractivity contribution in [1.82, 2.24) is 0 Å². The first-order valence-corrected chi connectivity index (χ1v) is 7.64. The van der Waals surface area contributed by atoms with Crippen LogP contribution in [0.3, 0.4) is 0 Å². The van der Waals surface area contributed by atoms with Gasteiger partial charge < -0.3 is 0 Å². The maximum Gasteiger partial charge on any atom is 0.186 e. The number of thioether (sulfide) groups is 2. The van der Waals surface area contributed by atoms with Gasteiger partial charge in [-0.2, -0.15) is 11.8 Å². The highest BCUT2D eigenvalue weighted by atomic mass is 32.2. The summed E-state index contributed by atoms with van der Waals surface area (Å²) in [6.07, 6.45) is 8.35. The molecule has 0 radical (unpaired) electrons. The van der Waals surface area contributed by atoms with E-state index in [-0.39, 0.29) is 5.12 Å². The molecule has 3 heteroatoms. The Morgan fingerprint density at radius 3 is 2.50 bits per heavy atom. The second kappa shape index (κ2) is 9.91. The molecule has 0 aliphatic heterocycles. The third-order valence-corrected chi connectivity index (χ3v) is 3.89. The molecule has 1 unspecified atom stereocenters. The molecule has 0 spiro atoms. The molecule has 0 aliphatic rings. The third kappa shape index (κ3) is 8.95. The SMILES string of the molecule is CCCCCC(CCSC)SC(C)=O. The van der Waals surface area contributed by atoms with Gasteiger partial charge in [-0.1, -0.05) is 37.9 Å². The first kappa shape index (κ1) is 14.4. The average molecular weight is 234 g/mol. The highest BCUT2D eigenvalue weighted by Gasteiger charge is 2.10.